The summed E-state index contributed by atoms with van der Waals surface area (Å²) in [5, 5.41) is 10.8. The molecule has 0 bridgehead atoms. The van der Waals surface area contributed by atoms with E-state index in [0.29, 0.717) is 28.5 Å². The highest BCUT2D eigenvalue weighted by Gasteiger charge is 2.32. The van der Waals surface area contributed by atoms with Crippen molar-refractivity contribution in [1.82, 2.24) is 0 Å². The second-order valence-electron chi connectivity index (χ2n) is 4.21. The van der Waals surface area contributed by atoms with Crippen LogP contribution in [0.2, 0.25) is 10.0 Å². The minimum atomic E-state index is -0.797. The topological polar surface area (TPSA) is 50.4 Å². The number of benzene rings is 1. The highest BCUT2D eigenvalue weighted by Crippen LogP contribution is 2.40. The predicted octanol–water partition coefficient (Wildman–Crippen LogP) is 3.54. The average Bonchev–Trinajstić information content (AvgIpc) is 2.72. The summed E-state index contributed by atoms with van der Waals surface area (Å²) in [6, 6.07) is 3.35. The summed E-state index contributed by atoms with van der Waals surface area (Å²) < 4.78 is 5.62. The number of rotatable bonds is 1. The number of halogens is 2. The molecule has 3 nitrogen and oxygen atoms in total. The molecule has 1 aromatic heterocycles. The number of hydrogen-bond acceptors (Lipinski definition) is 2. The van der Waals surface area contributed by atoms with Gasteiger partial charge in [0.2, 0.25) is 0 Å². The van der Waals surface area contributed by atoms with Crippen LogP contribution >= 0.6 is 23.2 Å². The number of aliphatic carboxylic acids is 1. The van der Waals surface area contributed by atoms with Gasteiger partial charge in [-0.3, -0.25) is 4.79 Å². The molecule has 1 N–H and O–H groups in total. The number of carbonyl (C=O) groups is 1. The minimum Gasteiger partial charge on any atom is -0.481 e. The zero-order valence-corrected chi connectivity index (χ0v) is 10.2. The summed E-state index contributed by atoms with van der Waals surface area (Å²) in [6.07, 6.45) is 0.895. The van der Waals surface area contributed by atoms with Gasteiger partial charge in [0.15, 0.2) is 0 Å². The Kier molecular flexibility index (Phi) is 2.35. The first kappa shape index (κ1) is 10.9. The number of furan rings is 1. The molecule has 3 rings (SSSR count). The van der Waals surface area contributed by atoms with E-state index in [4.69, 9.17) is 32.7 Å². The Morgan fingerprint density at radius 1 is 1.35 bits per heavy atom. The van der Waals surface area contributed by atoms with Crippen molar-refractivity contribution >= 4 is 40.1 Å². The van der Waals surface area contributed by atoms with E-state index in [1.54, 1.807) is 12.1 Å². The number of hydrogen-bond donors (Lipinski definition) is 1. The van der Waals surface area contributed by atoms with Crippen LogP contribution in [0.1, 0.15) is 11.3 Å². The second-order valence-corrected chi connectivity index (χ2v) is 5.05. The van der Waals surface area contributed by atoms with Gasteiger partial charge < -0.3 is 9.52 Å². The lowest BCUT2D eigenvalue weighted by molar-refractivity contribution is -0.141. The lowest BCUT2D eigenvalue weighted by Gasteiger charge is -2.02. The van der Waals surface area contributed by atoms with Gasteiger partial charge in [0.05, 0.1) is 10.9 Å². The highest BCUT2D eigenvalue weighted by atomic mass is 35.5. The fraction of sp³-hybridized carbons (Fsp3) is 0.250. The molecule has 0 amide bonds. The molecule has 0 fully saturated rings. The molecule has 1 heterocycles. The van der Waals surface area contributed by atoms with Gasteiger partial charge >= 0.3 is 5.97 Å². The second kappa shape index (κ2) is 3.65. The van der Waals surface area contributed by atoms with Crippen molar-refractivity contribution in [2.24, 2.45) is 5.92 Å². The van der Waals surface area contributed by atoms with Crippen molar-refractivity contribution in [3.05, 3.63) is 33.5 Å². The SMILES string of the molecule is O=C(O)C1Cc2oc3cc(Cl)cc(Cl)c3c2C1. The zero-order chi connectivity index (χ0) is 12.2. The number of carboxylic acids is 1. The van der Waals surface area contributed by atoms with Crippen molar-refractivity contribution in [1.29, 1.82) is 0 Å². The monoisotopic (exact) mass is 270 g/mol. The standard InChI is InChI=1S/C12H8Cl2O3/c13-6-3-8(14)11-7-1-5(12(15)16)2-9(7)17-10(11)4-6/h3-5H,1-2H2,(H,15,16). The minimum absolute atomic E-state index is 0.403. The quantitative estimate of drug-likeness (QED) is 0.863. The zero-order valence-electron chi connectivity index (χ0n) is 8.67. The Morgan fingerprint density at radius 2 is 2.12 bits per heavy atom. The van der Waals surface area contributed by atoms with Crippen LogP contribution in [0.5, 0.6) is 0 Å². The van der Waals surface area contributed by atoms with Gasteiger partial charge in [-0.25, -0.2) is 0 Å². The molecule has 88 valence electrons. The van der Waals surface area contributed by atoms with Crippen molar-refractivity contribution < 1.29 is 14.3 Å². The fourth-order valence-electron chi connectivity index (χ4n) is 2.35. The lowest BCUT2D eigenvalue weighted by atomic mass is 10.1. The van der Waals surface area contributed by atoms with Crippen LogP contribution in [-0.2, 0) is 17.6 Å². The summed E-state index contributed by atoms with van der Waals surface area (Å²) >= 11 is 12.0. The van der Waals surface area contributed by atoms with Gasteiger partial charge in [0.1, 0.15) is 11.3 Å². The van der Waals surface area contributed by atoms with Gasteiger partial charge in [-0.2, -0.15) is 0 Å². The Bertz CT molecular complexity index is 630. The van der Waals surface area contributed by atoms with Crippen LogP contribution in [0.4, 0.5) is 0 Å². The van der Waals surface area contributed by atoms with Gasteiger partial charge in [-0.1, -0.05) is 23.2 Å². The Hall–Kier alpha value is -1.19. The first-order chi connectivity index (χ1) is 8.06. The third-order valence-corrected chi connectivity index (χ3v) is 3.64. The van der Waals surface area contributed by atoms with Crippen molar-refractivity contribution in [3.63, 3.8) is 0 Å². The molecule has 0 radical (unpaired) electrons. The molecule has 0 spiro atoms. The normalized spacial score (nSPS) is 18.6. The number of fused-ring (bicyclic) bond motifs is 3. The van der Waals surface area contributed by atoms with E-state index in [9.17, 15) is 4.79 Å². The molecule has 0 saturated carbocycles. The van der Waals surface area contributed by atoms with E-state index in [2.05, 4.69) is 0 Å². The highest BCUT2D eigenvalue weighted by molar-refractivity contribution is 6.38. The largest absolute Gasteiger partial charge is 0.481 e. The van der Waals surface area contributed by atoms with Crippen LogP contribution < -0.4 is 0 Å². The third-order valence-electron chi connectivity index (χ3n) is 3.12. The van der Waals surface area contributed by atoms with E-state index in [-0.39, 0.29) is 0 Å². The Morgan fingerprint density at radius 3 is 2.82 bits per heavy atom. The maximum atomic E-state index is 10.9. The molecule has 5 heteroatoms. The van der Waals surface area contributed by atoms with E-state index >= 15 is 0 Å². The van der Waals surface area contributed by atoms with Gasteiger partial charge in [-0.05, 0) is 12.5 Å². The smallest absolute Gasteiger partial charge is 0.307 e. The molecule has 1 atom stereocenters. The molecular formula is C12H8Cl2O3. The van der Waals surface area contributed by atoms with Gasteiger partial charge in [0.25, 0.3) is 0 Å². The molecular weight excluding hydrogens is 263 g/mol. The van der Waals surface area contributed by atoms with E-state index in [0.717, 1.165) is 16.7 Å². The maximum Gasteiger partial charge on any atom is 0.307 e. The molecule has 1 aliphatic carbocycles. The van der Waals surface area contributed by atoms with Crippen molar-refractivity contribution in [2.45, 2.75) is 12.8 Å². The van der Waals surface area contributed by atoms with E-state index in [1.165, 1.54) is 0 Å². The van der Waals surface area contributed by atoms with Crippen LogP contribution in [0, 0.1) is 5.92 Å². The maximum absolute atomic E-state index is 10.9. The molecule has 1 aliphatic rings. The van der Waals surface area contributed by atoms with Crippen molar-refractivity contribution in [3.8, 4) is 0 Å². The lowest BCUT2D eigenvalue weighted by Crippen LogP contribution is -2.13. The summed E-state index contributed by atoms with van der Waals surface area (Å²) in [5.41, 5.74) is 1.55. The van der Waals surface area contributed by atoms with Gasteiger partial charge in [0, 0.05) is 28.5 Å². The first-order valence-electron chi connectivity index (χ1n) is 5.18. The third kappa shape index (κ3) is 1.61. The van der Waals surface area contributed by atoms with E-state index in [1.807, 2.05) is 0 Å². The Balaban J connectivity index is 2.18. The van der Waals surface area contributed by atoms with Crippen LogP contribution in [-0.4, -0.2) is 11.1 Å². The van der Waals surface area contributed by atoms with E-state index < -0.39 is 11.9 Å². The van der Waals surface area contributed by atoms with Crippen LogP contribution in [0.25, 0.3) is 11.0 Å². The van der Waals surface area contributed by atoms with Crippen LogP contribution in [0.15, 0.2) is 16.5 Å². The molecule has 1 unspecified atom stereocenters. The predicted molar refractivity (Wildman–Crippen MR) is 64.8 cm³/mol. The molecule has 2 aromatic rings. The molecule has 0 aliphatic heterocycles. The van der Waals surface area contributed by atoms with Gasteiger partial charge in [-0.15, -0.1) is 0 Å². The summed E-state index contributed by atoms with van der Waals surface area (Å²) in [7, 11) is 0. The molecule has 17 heavy (non-hydrogen) atoms. The molecule has 1 aromatic carbocycles. The average molecular weight is 271 g/mol. The summed E-state index contributed by atoms with van der Waals surface area (Å²) in [6.45, 7) is 0. The summed E-state index contributed by atoms with van der Waals surface area (Å²) in [5.74, 6) is -0.480. The van der Waals surface area contributed by atoms with Crippen molar-refractivity contribution in [2.75, 3.05) is 0 Å². The molecule has 0 saturated heterocycles. The summed E-state index contributed by atoms with van der Waals surface area (Å²) in [4.78, 5) is 10.9. The fourth-order valence-corrected chi connectivity index (χ4v) is 2.94. The number of carboxylic acid groups (broad SMARTS) is 1. The first-order valence-corrected chi connectivity index (χ1v) is 5.94. The Labute approximate surface area is 107 Å². The van der Waals surface area contributed by atoms with Crippen LogP contribution in [0.3, 0.4) is 0 Å².